The van der Waals surface area contributed by atoms with E-state index in [4.69, 9.17) is 5.73 Å². The van der Waals surface area contributed by atoms with Gasteiger partial charge in [-0.2, -0.15) is 0 Å². The Morgan fingerprint density at radius 1 is 1.00 bits per heavy atom. The largest absolute Gasteiger partial charge is 0.329 e. The molecule has 2 atom stereocenters. The number of nitrogens with two attached hydrogens (primary N) is 1. The molecule has 0 fully saturated rings. The maximum Gasteiger partial charge on any atom is 0.0452 e. The average Bonchev–Trinajstić information content (AvgIpc) is 2.47. The molecule has 2 nitrogen and oxygen atoms in total. The molecular weight excluding hydrogens is 220 g/mol. The second-order valence-electron chi connectivity index (χ2n) is 4.82. The van der Waals surface area contributed by atoms with E-state index in [9.17, 15) is 0 Å². The van der Waals surface area contributed by atoms with Gasteiger partial charge in [-0.25, -0.2) is 0 Å². The van der Waals surface area contributed by atoms with Gasteiger partial charge >= 0.3 is 0 Å². The zero-order chi connectivity index (χ0) is 12.4. The van der Waals surface area contributed by atoms with E-state index in [2.05, 4.69) is 59.9 Å². The lowest BCUT2D eigenvalue weighted by atomic mass is 9.87. The van der Waals surface area contributed by atoms with E-state index in [0.717, 1.165) is 6.42 Å². The minimum atomic E-state index is 0.264. The molecule has 0 bridgehead atoms. The lowest BCUT2D eigenvalue weighted by molar-refractivity contribution is 0.417. The van der Waals surface area contributed by atoms with Crippen LogP contribution in [0.5, 0.6) is 0 Å². The second kappa shape index (κ2) is 4.92. The van der Waals surface area contributed by atoms with Crippen molar-refractivity contribution >= 4 is 0 Å². The molecule has 3 N–H and O–H groups in total. The van der Waals surface area contributed by atoms with Crippen LogP contribution < -0.4 is 11.1 Å². The van der Waals surface area contributed by atoms with Gasteiger partial charge in [0.2, 0.25) is 0 Å². The Hall–Kier alpha value is -1.64. The molecule has 18 heavy (non-hydrogen) atoms. The highest BCUT2D eigenvalue weighted by molar-refractivity contribution is 5.36. The van der Waals surface area contributed by atoms with Crippen LogP contribution >= 0.6 is 0 Å². The summed E-state index contributed by atoms with van der Waals surface area (Å²) in [6.07, 6.45) is 1.04. The van der Waals surface area contributed by atoms with Gasteiger partial charge in [-0.1, -0.05) is 54.6 Å². The van der Waals surface area contributed by atoms with Gasteiger partial charge in [0.1, 0.15) is 0 Å². The summed E-state index contributed by atoms with van der Waals surface area (Å²) in [6, 6.07) is 19.8. The normalized spacial score (nSPS) is 22.5. The molecule has 0 aliphatic carbocycles. The molecule has 1 heterocycles. The Labute approximate surface area is 108 Å². The van der Waals surface area contributed by atoms with Crippen molar-refractivity contribution < 1.29 is 0 Å². The number of fused-ring (bicyclic) bond motifs is 1. The first-order valence-electron chi connectivity index (χ1n) is 6.47. The van der Waals surface area contributed by atoms with Gasteiger partial charge < -0.3 is 11.1 Å². The Morgan fingerprint density at radius 2 is 1.72 bits per heavy atom. The van der Waals surface area contributed by atoms with E-state index in [1.165, 1.54) is 16.7 Å². The molecule has 0 radical (unpaired) electrons. The Balaban J connectivity index is 1.95. The quantitative estimate of drug-likeness (QED) is 0.844. The lowest BCUT2D eigenvalue weighted by Crippen LogP contribution is -2.37. The standard InChI is InChI=1S/C16H18N2/c17-11-16-14-9-5-4-8-13(14)10-15(18-16)12-6-2-1-3-7-12/h1-9,15-16,18H,10-11,17H2. The average molecular weight is 238 g/mol. The topological polar surface area (TPSA) is 38.0 Å². The minimum absolute atomic E-state index is 0.264. The third-order valence-corrected chi connectivity index (χ3v) is 3.69. The fourth-order valence-electron chi connectivity index (χ4n) is 2.77. The zero-order valence-electron chi connectivity index (χ0n) is 10.3. The predicted molar refractivity (Wildman–Crippen MR) is 74.3 cm³/mol. The van der Waals surface area contributed by atoms with Gasteiger partial charge in [-0.05, 0) is 23.1 Å². The number of benzene rings is 2. The highest BCUT2D eigenvalue weighted by Gasteiger charge is 2.25. The van der Waals surface area contributed by atoms with Gasteiger partial charge in [0.25, 0.3) is 0 Å². The summed E-state index contributed by atoms with van der Waals surface area (Å²) in [4.78, 5) is 0. The maximum absolute atomic E-state index is 5.90. The molecule has 3 rings (SSSR count). The van der Waals surface area contributed by atoms with Crippen molar-refractivity contribution in [2.75, 3.05) is 6.54 Å². The van der Waals surface area contributed by atoms with Gasteiger partial charge in [0, 0.05) is 18.6 Å². The second-order valence-corrected chi connectivity index (χ2v) is 4.82. The van der Waals surface area contributed by atoms with Crippen LogP contribution in [0.2, 0.25) is 0 Å². The molecule has 2 aromatic carbocycles. The van der Waals surface area contributed by atoms with Crippen LogP contribution in [0.3, 0.4) is 0 Å². The van der Waals surface area contributed by atoms with Crippen molar-refractivity contribution in [2.24, 2.45) is 5.73 Å². The van der Waals surface area contributed by atoms with Crippen LogP contribution in [0.1, 0.15) is 28.8 Å². The SMILES string of the molecule is NCC1NC(c2ccccc2)Cc2ccccc21. The van der Waals surface area contributed by atoms with E-state index < -0.39 is 0 Å². The van der Waals surface area contributed by atoms with E-state index in [0.29, 0.717) is 12.6 Å². The number of hydrogen-bond donors (Lipinski definition) is 2. The molecule has 1 aliphatic rings. The summed E-state index contributed by atoms with van der Waals surface area (Å²) < 4.78 is 0. The van der Waals surface area contributed by atoms with E-state index in [1.54, 1.807) is 0 Å². The molecule has 2 heteroatoms. The van der Waals surface area contributed by atoms with Gasteiger partial charge in [-0.15, -0.1) is 0 Å². The summed E-state index contributed by atoms with van der Waals surface area (Å²) in [6.45, 7) is 0.639. The summed E-state index contributed by atoms with van der Waals surface area (Å²) in [5, 5.41) is 3.65. The third kappa shape index (κ3) is 2.05. The van der Waals surface area contributed by atoms with E-state index in [1.807, 2.05) is 0 Å². The summed E-state index contributed by atoms with van der Waals surface area (Å²) in [7, 11) is 0. The van der Waals surface area contributed by atoms with E-state index >= 15 is 0 Å². The predicted octanol–water partition coefficient (Wildman–Crippen LogP) is 2.57. The summed E-state index contributed by atoms with van der Waals surface area (Å²) in [5.41, 5.74) is 10.0. The molecule has 92 valence electrons. The molecule has 2 unspecified atom stereocenters. The highest BCUT2D eigenvalue weighted by Crippen LogP contribution is 2.31. The molecule has 0 spiro atoms. The van der Waals surface area contributed by atoms with Crippen molar-refractivity contribution in [3.05, 3.63) is 71.3 Å². The summed E-state index contributed by atoms with van der Waals surface area (Å²) >= 11 is 0. The van der Waals surface area contributed by atoms with Gasteiger partial charge in [0.15, 0.2) is 0 Å². The van der Waals surface area contributed by atoms with Crippen molar-refractivity contribution in [3.8, 4) is 0 Å². The molecule has 0 aromatic heterocycles. The molecule has 0 saturated carbocycles. The minimum Gasteiger partial charge on any atom is -0.329 e. The Kier molecular flexibility index (Phi) is 3.13. The third-order valence-electron chi connectivity index (χ3n) is 3.69. The first kappa shape index (κ1) is 11.5. The van der Waals surface area contributed by atoms with Crippen LogP contribution in [0.15, 0.2) is 54.6 Å². The number of rotatable bonds is 2. The van der Waals surface area contributed by atoms with Crippen molar-refractivity contribution in [1.29, 1.82) is 0 Å². The Morgan fingerprint density at radius 3 is 2.50 bits per heavy atom. The Bertz CT molecular complexity index is 522. The fraction of sp³-hybridized carbons (Fsp3) is 0.250. The molecule has 0 saturated heterocycles. The molecule has 2 aromatic rings. The van der Waals surface area contributed by atoms with Gasteiger partial charge in [-0.3, -0.25) is 0 Å². The van der Waals surface area contributed by atoms with E-state index in [-0.39, 0.29) is 6.04 Å². The molecule has 0 amide bonds. The monoisotopic (exact) mass is 238 g/mol. The van der Waals surface area contributed by atoms with Crippen LogP contribution in [-0.4, -0.2) is 6.54 Å². The number of hydrogen-bond acceptors (Lipinski definition) is 2. The maximum atomic E-state index is 5.90. The zero-order valence-corrected chi connectivity index (χ0v) is 10.3. The lowest BCUT2D eigenvalue weighted by Gasteiger charge is -2.33. The summed E-state index contributed by atoms with van der Waals surface area (Å²) in [5.74, 6) is 0. The van der Waals surface area contributed by atoms with Crippen molar-refractivity contribution in [2.45, 2.75) is 18.5 Å². The fourth-order valence-corrected chi connectivity index (χ4v) is 2.77. The van der Waals surface area contributed by atoms with Gasteiger partial charge in [0.05, 0.1) is 0 Å². The van der Waals surface area contributed by atoms with Crippen LogP contribution in [0.4, 0.5) is 0 Å². The molecule has 1 aliphatic heterocycles. The smallest absolute Gasteiger partial charge is 0.0452 e. The first-order valence-corrected chi connectivity index (χ1v) is 6.47. The molecular formula is C16H18N2. The number of nitrogens with one attached hydrogen (secondary N) is 1. The van der Waals surface area contributed by atoms with Crippen molar-refractivity contribution in [3.63, 3.8) is 0 Å². The first-order chi connectivity index (χ1) is 8.88. The highest BCUT2D eigenvalue weighted by atomic mass is 15.0. The van der Waals surface area contributed by atoms with Crippen LogP contribution in [0.25, 0.3) is 0 Å². The van der Waals surface area contributed by atoms with Crippen LogP contribution in [0, 0.1) is 0 Å². The van der Waals surface area contributed by atoms with Crippen LogP contribution in [-0.2, 0) is 6.42 Å². The van der Waals surface area contributed by atoms with Crippen molar-refractivity contribution in [1.82, 2.24) is 5.32 Å².